The van der Waals surface area contributed by atoms with Crippen LogP contribution in [-0.4, -0.2) is 133 Å². The van der Waals surface area contributed by atoms with Crippen molar-refractivity contribution in [1.29, 1.82) is 0 Å². The first-order valence-electron chi connectivity index (χ1n) is 23.6. The van der Waals surface area contributed by atoms with Gasteiger partial charge in [-0.15, -0.1) is 0 Å². The number of hydrogen-bond acceptors (Lipinski definition) is 12. The van der Waals surface area contributed by atoms with Crippen molar-refractivity contribution >= 4 is 59.8 Å². The number of carbonyl (C=O) groups is 7. The SMILES string of the molecule is CCC(C)(C)C(=O)C(=O)N1CCCC[C@H]1C(=O)O[C@H](CCc1ccc(OC)c(OC)c1)c1cccc(OCC(=O)NCCCCCN(C)C(=O)c2cccc(NC(=O)[C@@H]3C[C@H](S)CN3C(=O)O)c2)c1. The molecule has 0 aromatic heterocycles. The van der Waals surface area contributed by atoms with E-state index in [9.17, 15) is 38.7 Å². The number of esters is 1. The first-order valence-corrected chi connectivity index (χ1v) is 24.1. The van der Waals surface area contributed by atoms with Crippen LogP contribution in [0.3, 0.4) is 0 Å². The monoisotopic (exact) mass is 973 g/mol. The van der Waals surface area contributed by atoms with Crippen molar-refractivity contribution < 1.29 is 57.6 Å². The number of Topliss-reactive ketones (excluding diaryl/α,β-unsaturated/α-hetero) is 1. The van der Waals surface area contributed by atoms with Crippen molar-refractivity contribution in [2.75, 3.05) is 59.4 Å². The molecule has 2 aliphatic rings. The van der Waals surface area contributed by atoms with Crippen LogP contribution in [0.5, 0.6) is 17.2 Å². The number of unbranched alkanes of at least 4 members (excludes halogenated alkanes) is 2. The smallest absolute Gasteiger partial charge is 0.408 e. The third kappa shape index (κ3) is 14.8. The first kappa shape index (κ1) is 53.7. The molecule has 0 aliphatic carbocycles. The molecule has 2 fully saturated rings. The maximum atomic E-state index is 14.0. The predicted molar refractivity (Wildman–Crippen MR) is 262 cm³/mol. The molecule has 0 unspecified atom stereocenters. The summed E-state index contributed by atoms with van der Waals surface area (Å²) in [4.78, 5) is 95.4. The summed E-state index contributed by atoms with van der Waals surface area (Å²) in [6, 6.07) is 17.3. The number of carboxylic acid groups (broad SMARTS) is 1. The number of nitrogens with one attached hydrogen (secondary N) is 2. The number of nitrogens with zero attached hydrogens (tertiary/aromatic N) is 3. The fourth-order valence-electron chi connectivity index (χ4n) is 8.28. The van der Waals surface area contributed by atoms with Crippen LogP contribution >= 0.6 is 12.6 Å². The Balaban J connectivity index is 1.12. The Morgan fingerprint density at radius 1 is 0.899 bits per heavy atom. The molecule has 2 aliphatic heterocycles. The average Bonchev–Trinajstić information content (AvgIpc) is 3.76. The lowest BCUT2D eigenvalue weighted by molar-refractivity contribution is -0.164. The minimum absolute atomic E-state index is 0.155. The van der Waals surface area contributed by atoms with Gasteiger partial charge in [-0.05, 0) is 118 Å². The van der Waals surface area contributed by atoms with Crippen LogP contribution in [0.15, 0.2) is 66.7 Å². The maximum Gasteiger partial charge on any atom is 0.408 e. The zero-order chi connectivity index (χ0) is 50.3. The van der Waals surface area contributed by atoms with E-state index in [2.05, 4.69) is 23.3 Å². The Morgan fingerprint density at radius 2 is 1.65 bits per heavy atom. The molecule has 5 rings (SSSR count). The number of ketones is 1. The fourth-order valence-corrected chi connectivity index (χ4v) is 8.66. The zero-order valence-electron chi connectivity index (χ0n) is 40.5. The van der Waals surface area contributed by atoms with E-state index in [4.69, 9.17) is 18.9 Å². The molecule has 0 radical (unpaired) electrons. The highest BCUT2D eigenvalue weighted by Gasteiger charge is 2.42. The molecule has 5 amide bonds. The van der Waals surface area contributed by atoms with Crippen LogP contribution in [0.4, 0.5) is 10.5 Å². The topological polar surface area (TPSA) is 210 Å². The van der Waals surface area contributed by atoms with Crippen molar-refractivity contribution in [1.82, 2.24) is 20.0 Å². The minimum atomic E-state index is -1.19. The number of hydrogen-bond donors (Lipinski definition) is 4. The summed E-state index contributed by atoms with van der Waals surface area (Å²) >= 11 is 4.34. The number of ether oxygens (including phenoxy) is 4. The number of thiol groups is 1. The van der Waals surface area contributed by atoms with Gasteiger partial charge in [-0.2, -0.15) is 12.6 Å². The standard InChI is InChI=1S/C51H67N5O12S/c1-7-51(2,3)45(58)48(61)55-26-12-9-19-39(55)49(62)68-41(22-20-33-21-23-42(65-5)43(27-33)66-6)34-15-14-18-37(29-34)67-32-44(57)52-24-10-8-11-25-54(4)47(60)35-16-13-17-36(28-35)53-46(59)40-30-38(69)31-56(40)50(63)64/h13-18,21,23,27-29,38-41,69H,7-12,19-20,22,24-26,30-32H2,1-6H3,(H,52,57)(H,53,59)(H,63,64)/t38-,39-,40-,41+/m0/s1. The van der Waals surface area contributed by atoms with Gasteiger partial charge in [0.2, 0.25) is 11.7 Å². The normalized spacial score (nSPS) is 17.3. The molecule has 3 aromatic carbocycles. The third-order valence-electron chi connectivity index (χ3n) is 12.8. The third-order valence-corrected chi connectivity index (χ3v) is 13.1. The van der Waals surface area contributed by atoms with Crippen molar-refractivity contribution in [2.24, 2.45) is 5.41 Å². The molecule has 0 spiro atoms. The second kappa shape index (κ2) is 25.3. The van der Waals surface area contributed by atoms with Gasteiger partial charge >= 0.3 is 12.1 Å². The number of amides is 5. The van der Waals surface area contributed by atoms with Gasteiger partial charge in [0.05, 0.1) is 14.2 Å². The highest BCUT2D eigenvalue weighted by atomic mass is 32.1. The minimum Gasteiger partial charge on any atom is -0.493 e. The van der Waals surface area contributed by atoms with E-state index >= 15 is 0 Å². The van der Waals surface area contributed by atoms with E-state index in [1.807, 2.05) is 25.1 Å². The van der Waals surface area contributed by atoms with E-state index in [-0.39, 0.29) is 36.8 Å². The molecule has 0 bridgehead atoms. The van der Waals surface area contributed by atoms with E-state index in [1.165, 1.54) is 4.90 Å². The summed E-state index contributed by atoms with van der Waals surface area (Å²) < 4.78 is 23.0. The highest BCUT2D eigenvalue weighted by molar-refractivity contribution is 7.81. The number of methoxy groups -OCH3 is 2. The van der Waals surface area contributed by atoms with Crippen LogP contribution in [0.2, 0.25) is 0 Å². The summed E-state index contributed by atoms with van der Waals surface area (Å²) in [7, 11) is 4.80. The number of carbonyl (C=O) groups excluding carboxylic acids is 6. The van der Waals surface area contributed by atoms with Gasteiger partial charge < -0.3 is 44.5 Å². The summed E-state index contributed by atoms with van der Waals surface area (Å²) in [6.07, 6.45) is 3.47. The van der Waals surface area contributed by atoms with E-state index < -0.39 is 53.3 Å². The van der Waals surface area contributed by atoms with Gasteiger partial charge in [0, 0.05) is 55.1 Å². The number of anilines is 1. The van der Waals surface area contributed by atoms with Crippen molar-refractivity contribution in [3.8, 4) is 17.2 Å². The number of benzene rings is 3. The fraction of sp³-hybridized carbons (Fsp3) is 0.510. The van der Waals surface area contributed by atoms with Gasteiger partial charge in [0.25, 0.3) is 17.7 Å². The van der Waals surface area contributed by atoms with Gasteiger partial charge in [-0.3, -0.25) is 28.9 Å². The van der Waals surface area contributed by atoms with Crippen LogP contribution in [0, 0.1) is 5.41 Å². The molecule has 69 heavy (non-hydrogen) atoms. The van der Waals surface area contributed by atoms with Crippen LogP contribution in [-0.2, 0) is 35.1 Å². The van der Waals surface area contributed by atoms with Crippen LogP contribution < -0.4 is 24.8 Å². The highest BCUT2D eigenvalue weighted by Crippen LogP contribution is 2.33. The van der Waals surface area contributed by atoms with Gasteiger partial charge in [0.15, 0.2) is 18.1 Å². The van der Waals surface area contributed by atoms with Crippen molar-refractivity contribution in [3.05, 3.63) is 83.4 Å². The van der Waals surface area contributed by atoms with Gasteiger partial charge in [0.1, 0.15) is 23.9 Å². The summed E-state index contributed by atoms with van der Waals surface area (Å²) in [6.45, 7) is 6.34. The molecule has 4 atom stereocenters. The van der Waals surface area contributed by atoms with E-state index in [0.29, 0.717) is 105 Å². The molecule has 374 valence electrons. The Morgan fingerprint density at radius 3 is 2.38 bits per heavy atom. The molecular formula is C51H67N5O12S. The van der Waals surface area contributed by atoms with Crippen LogP contribution in [0.1, 0.15) is 106 Å². The number of piperidine rings is 1. The van der Waals surface area contributed by atoms with Crippen LogP contribution in [0.25, 0.3) is 0 Å². The summed E-state index contributed by atoms with van der Waals surface area (Å²) in [5.74, 6) is -1.31. The maximum absolute atomic E-state index is 14.0. The number of rotatable bonds is 23. The lowest BCUT2D eigenvalue weighted by Gasteiger charge is -2.36. The second-order valence-electron chi connectivity index (χ2n) is 18.1. The Bertz CT molecular complexity index is 2310. The Kier molecular flexibility index (Phi) is 19.7. The Hall–Kier alpha value is -6.30. The molecule has 2 saturated heterocycles. The number of aryl methyl sites for hydroxylation is 1. The molecule has 2 heterocycles. The lowest BCUT2D eigenvalue weighted by Crippen LogP contribution is -2.53. The van der Waals surface area contributed by atoms with Gasteiger partial charge in [-0.25, -0.2) is 9.59 Å². The predicted octanol–water partition coefficient (Wildman–Crippen LogP) is 6.73. The molecule has 3 aromatic rings. The zero-order valence-corrected chi connectivity index (χ0v) is 41.4. The second-order valence-corrected chi connectivity index (χ2v) is 18.9. The molecular weight excluding hydrogens is 907 g/mol. The van der Waals surface area contributed by atoms with E-state index in [0.717, 1.165) is 16.9 Å². The van der Waals surface area contributed by atoms with Gasteiger partial charge in [-0.1, -0.05) is 45.0 Å². The molecule has 3 N–H and O–H groups in total. The summed E-state index contributed by atoms with van der Waals surface area (Å²) in [5.41, 5.74) is 1.43. The van der Waals surface area contributed by atoms with Crippen molar-refractivity contribution in [3.63, 3.8) is 0 Å². The Labute approximate surface area is 409 Å². The quantitative estimate of drug-likeness (QED) is 0.0337. The molecule has 18 heteroatoms. The molecule has 17 nitrogen and oxygen atoms in total. The largest absolute Gasteiger partial charge is 0.493 e. The van der Waals surface area contributed by atoms with E-state index in [1.54, 1.807) is 88.5 Å². The molecule has 0 saturated carbocycles. The first-order chi connectivity index (χ1) is 33.0. The average molecular weight is 974 g/mol. The van der Waals surface area contributed by atoms with Crippen molar-refractivity contribution in [2.45, 2.75) is 108 Å². The number of likely N-dealkylation sites (tertiary alicyclic amines) is 2. The lowest BCUT2D eigenvalue weighted by atomic mass is 9.84. The summed E-state index contributed by atoms with van der Waals surface area (Å²) in [5, 5.41) is 14.8.